The molecule has 0 saturated heterocycles. The third-order valence-electron chi connectivity index (χ3n) is 5.35. The first-order valence-electron chi connectivity index (χ1n) is 10.1. The van der Waals surface area contributed by atoms with Gasteiger partial charge in [-0.25, -0.2) is 9.67 Å². The minimum atomic E-state index is 0.322. The van der Waals surface area contributed by atoms with Crippen LogP contribution in [0.3, 0.4) is 0 Å². The summed E-state index contributed by atoms with van der Waals surface area (Å²) >= 11 is 0. The lowest BCUT2D eigenvalue weighted by molar-refractivity contribution is 0.392. The zero-order valence-electron chi connectivity index (χ0n) is 16.7. The SMILES string of the molecule is CCc1nc2n(n1)CC(NC(=NC)NCCc1cccc3ccccc13)CC2. The summed E-state index contributed by atoms with van der Waals surface area (Å²) < 4.78 is 2.05. The number of benzene rings is 2. The second kappa shape index (κ2) is 8.42. The fourth-order valence-electron chi connectivity index (χ4n) is 3.84. The van der Waals surface area contributed by atoms with E-state index in [1.165, 1.54) is 16.3 Å². The van der Waals surface area contributed by atoms with Gasteiger partial charge in [0.1, 0.15) is 5.82 Å². The Morgan fingerprint density at radius 1 is 1.21 bits per heavy atom. The van der Waals surface area contributed by atoms with Crippen molar-refractivity contribution in [2.75, 3.05) is 13.6 Å². The van der Waals surface area contributed by atoms with Gasteiger partial charge in [0.25, 0.3) is 0 Å². The van der Waals surface area contributed by atoms with Crippen molar-refractivity contribution in [3.8, 4) is 0 Å². The first kappa shape index (κ1) is 18.5. The van der Waals surface area contributed by atoms with E-state index >= 15 is 0 Å². The molecular weight excluding hydrogens is 348 g/mol. The molecule has 28 heavy (non-hydrogen) atoms. The maximum atomic E-state index is 4.59. The molecule has 2 heterocycles. The lowest BCUT2D eigenvalue weighted by Crippen LogP contribution is -2.47. The summed E-state index contributed by atoms with van der Waals surface area (Å²) in [6, 6.07) is 15.4. The molecule has 0 bridgehead atoms. The van der Waals surface area contributed by atoms with Crippen molar-refractivity contribution in [2.24, 2.45) is 4.99 Å². The van der Waals surface area contributed by atoms with Gasteiger partial charge in [0.2, 0.25) is 0 Å². The van der Waals surface area contributed by atoms with Crippen molar-refractivity contribution in [1.29, 1.82) is 0 Å². The Labute approximate surface area is 166 Å². The highest BCUT2D eigenvalue weighted by atomic mass is 15.4. The van der Waals surface area contributed by atoms with Crippen LogP contribution in [0.2, 0.25) is 0 Å². The summed E-state index contributed by atoms with van der Waals surface area (Å²) in [6.07, 6.45) is 3.85. The molecule has 146 valence electrons. The molecular formula is C22H28N6. The van der Waals surface area contributed by atoms with E-state index in [2.05, 4.69) is 75.1 Å². The van der Waals surface area contributed by atoms with Crippen LogP contribution in [0, 0.1) is 0 Å². The van der Waals surface area contributed by atoms with E-state index in [-0.39, 0.29) is 0 Å². The number of aromatic nitrogens is 3. The predicted molar refractivity (Wildman–Crippen MR) is 114 cm³/mol. The molecule has 4 rings (SSSR count). The Balaban J connectivity index is 1.33. The van der Waals surface area contributed by atoms with E-state index in [0.29, 0.717) is 6.04 Å². The van der Waals surface area contributed by atoms with Gasteiger partial charge < -0.3 is 10.6 Å². The lowest BCUT2D eigenvalue weighted by Gasteiger charge is -2.25. The first-order valence-corrected chi connectivity index (χ1v) is 10.1. The smallest absolute Gasteiger partial charge is 0.191 e. The van der Waals surface area contributed by atoms with Gasteiger partial charge in [0.05, 0.1) is 6.54 Å². The molecule has 0 saturated carbocycles. The Kier molecular flexibility index (Phi) is 5.55. The molecule has 0 spiro atoms. The third kappa shape index (κ3) is 4.01. The van der Waals surface area contributed by atoms with Gasteiger partial charge in [0.15, 0.2) is 11.8 Å². The minimum Gasteiger partial charge on any atom is -0.356 e. The number of aryl methyl sites for hydroxylation is 2. The van der Waals surface area contributed by atoms with Gasteiger partial charge in [-0.3, -0.25) is 4.99 Å². The van der Waals surface area contributed by atoms with E-state index in [1.807, 2.05) is 11.7 Å². The highest BCUT2D eigenvalue weighted by Crippen LogP contribution is 2.18. The Hall–Kier alpha value is -2.89. The fraction of sp³-hybridized carbons (Fsp3) is 0.409. The molecule has 6 nitrogen and oxygen atoms in total. The third-order valence-corrected chi connectivity index (χ3v) is 5.35. The van der Waals surface area contributed by atoms with Crippen LogP contribution in [-0.4, -0.2) is 40.4 Å². The van der Waals surface area contributed by atoms with Crippen molar-refractivity contribution in [3.63, 3.8) is 0 Å². The molecule has 2 aromatic carbocycles. The molecule has 0 fully saturated rings. The van der Waals surface area contributed by atoms with Crippen LogP contribution in [0.4, 0.5) is 0 Å². The molecule has 0 amide bonds. The summed E-state index contributed by atoms with van der Waals surface area (Å²) in [4.78, 5) is 8.99. The number of hydrogen-bond donors (Lipinski definition) is 2. The Morgan fingerprint density at radius 3 is 2.93 bits per heavy atom. The maximum Gasteiger partial charge on any atom is 0.191 e. The average molecular weight is 377 g/mol. The van der Waals surface area contributed by atoms with Crippen molar-refractivity contribution in [2.45, 2.75) is 45.2 Å². The fourth-order valence-corrected chi connectivity index (χ4v) is 3.84. The van der Waals surface area contributed by atoms with Crippen LogP contribution in [-0.2, 0) is 25.8 Å². The van der Waals surface area contributed by atoms with E-state index in [9.17, 15) is 0 Å². The van der Waals surface area contributed by atoms with Gasteiger partial charge >= 0.3 is 0 Å². The molecule has 6 heteroatoms. The van der Waals surface area contributed by atoms with Gasteiger partial charge in [-0.05, 0) is 29.2 Å². The number of nitrogens with zero attached hydrogens (tertiary/aromatic N) is 4. The quantitative estimate of drug-likeness (QED) is 0.531. The summed E-state index contributed by atoms with van der Waals surface area (Å²) in [5, 5.41) is 14.2. The van der Waals surface area contributed by atoms with Gasteiger partial charge in [-0.2, -0.15) is 5.10 Å². The molecule has 3 aromatic rings. The summed E-state index contributed by atoms with van der Waals surface area (Å²) in [5.74, 6) is 2.89. The van der Waals surface area contributed by atoms with Crippen LogP contribution < -0.4 is 10.6 Å². The zero-order valence-corrected chi connectivity index (χ0v) is 16.7. The van der Waals surface area contributed by atoms with Crippen LogP contribution in [0.1, 0.15) is 30.6 Å². The highest BCUT2D eigenvalue weighted by molar-refractivity contribution is 5.85. The standard InChI is InChI=1S/C22H28N6/c1-3-20-26-21-12-11-18(15-28(21)27-20)25-22(23-2)24-14-13-17-9-6-8-16-7-4-5-10-19(16)17/h4-10,18H,3,11-15H2,1-2H3,(H2,23,24,25). The van der Waals surface area contributed by atoms with Crippen molar-refractivity contribution >= 4 is 16.7 Å². The van der Waals surface area contributed by atoms with Gasteiger partial charge in [0, 0.05) is 32.5 Å². The van der Waals surface area contributed by atoms with Gasteiger partial charge in [-0.15, -0.1) is 0 Å². The number of guanidine groups is 1. The number of hydrogen-bond acceptors (Lipinski definition) is 3. The number of nitrogens with one attached hydrogen (secondary N) is 2. The molecule has 1 atom stereocenters. The van der Waals surface area contributed by atoms with Crippen LogP contribution in [0.25, 0.3) is 10.8 Å². The summed E-state index contributed by atoms with van der Waals surface area (Å²) in [7, 11) is 1.83. The number of aliphatic imine (C=N–C) groups is 1. The molecule has 1 aliphatic rings. The van der Waals surface area contributed by atoms with Crippen molar-refractivity contribution < 1.29 is 0 Å². The molecule has 2 N–H and O–H groups in total. The first-order chi connectivity index (χ1) is 13.8. The van der Waals surface area contributed by atoms with E-state index in [1.54, 1.807) is 0 Å². The second-order valence-electron chi connectivity index (χ2n) is 7.25. The van der Waals surface area contributed by atoms with Crippen molar-refractivity contribution in [3.05, 3.63) is 59.7 Å². The van der Waals surface area contributed by atoms with Crippen LogP contribution >= 0.6 is 0 Å². The normalized spacial score (nSPS) is 16.8. The largest absolute Gasteiger partial charge is 0.356 e. The van der Waals surface area contributed by atoms with Crippen LogP contribution in [0.15, 0.2) is 47.5 Å². The maximum absolute atomic E-state index is 4.59. The molecule has 1 aliphatic heterocycles. The van der Waals surface area contributed by atoms with Gasteiger partial charge in [-0.1, -0.05) is 49.4 Å². The topological polar surface area (TPSA) is 67.1 Å². The lowest BCUT2D eigenvalue weighted by atomic mass is 10.0. The monoisotopic (exact) mass is 376 g/mol. The predicted octanol–water partition coefficient (Wildman–Crippen LogP) is 2.72. The van der Waals surface area contributed by atoms with E-state index in [0.717, 1.165) is 56.4 Å². The molecule has 0 aliphatic carbocycles. The molecule has 1 unspecified atom stereocenters. The summed E-state index contributed by atoms with van der Waals surface area (Å²) in [6.45, 7) is 3.78. The highest BCUT2D eigenvalue weighted by Gasteiger charge is 2.22. The Morgan fingerprint density at radius 2 is 2.07 bits per heavy atom. The number of fused-ring (bicyclic) bond motifs is 2. The average Bonchev–Trinajstić information content (AvgIpc) is 3.15. The summed E-state index contributed by atoms with van der Waals surface area (Å²) in [5.41, 5.74) is 1.36. The minimum absolute atomic E-state index is 0.322. The van der Waals surface area contributed by atoms with Crippen molar-refractivity contribution in [1.82, 2.24) is 25.4 Å². The van der Waals surface area contributed by atoms with E-state index < -0.39 is 0 Å². The molecule has 1 aromatic heterocycles. The second-order valence-corrected chi connectivity index (χ2v) is 7.25. The van der Waals surface area contributed by atoms with Crippen LogP contribution in [0.5, 0.6) is 0 Å². The molecule has 0 radical (unpaired) electrons. The Bertz CT molecular complexity index is 969. The number of rotatable bonds is 5. The van der Waals surface area contributed by atoms with E-state index in [4.69, 9.17) is 0 Å². The zero-order chi connectivity index (χ0) is 19.3.